The van der Waals surface area contributed by atoms with Crippen molar-refractivity contribution in [1.82, 2.24) is 0 Å². The van der Waals surface area contributed by atoms with Crippen molar-refractivity contribution in [2.24, 2.45) is 0 Å². The molecule has 0 radical (unpaired) electrons. The topological polar surface area (TPSA) is 17.1 Å². The van der Waals surface area contributed by atoms with Crippen LogP contribution in [0.2, 0.25) is 4.34 Å². The van der Waals surface area contributed by atoms with Crippen molar-refractivity contribution < 1.29 is 4.79 Å². The van der Waals surface area contributed by atoms with Crippen LogP contribution in [-0.2, 0) is 11.2 Å². The second-order valence-electron chi connectivity index (χ2n) is 3.35. The fourth-order valence-corrected chi connectivity index (χ4v) is 3.88. The Hall–Kier alpha value is 0.01000. The van der Waals surface area contributed by atoms with Crippen molar-refractivity contribution in [2.75, 3.05) is 5.75 Å². The Morgan fingerprint density at radius 2 is 2.43 bits per heavy atom. The van der Waals surface area contributed by atoms with Gasteiger partial charge < -0.3 is 0 Å². The monoisotopic (exact) mass is 246 g/mol. The summed E-state index contributed by atoms with van der Waals surface area (Å²) in [6.07, 6.45) is 2.81. The highest BCUT2D eigenvalue weighted by Crippen LogP contribution is 2.29. The Morgan fingerprint density at radius 1 is 1.57 bits per heavy atom. The first kappa shape index (κ1) is 10.5. The molecule has 1 fully saturated rings. The molecule has 2 rings (SSSR count). The molecule has 0 aliphatic carbocycles. The molecule has 1 nitrogen and oxygen atoms in total. The number of carbonyl (C=O) groups excluding carboxylic acids is 1. The lowest BCUT2D eigenvalue weighted by Crippen LogP contribution is -2.15. The van der Waals surface area contributed by atoms with Gasteiger partial charge >= 0.3 is 0 Å². The number of thioether (sulfide) groups is 1. The summed E-state index contributed by atoms with van der Waals surface area (Å²) in [7, 11) is 0. The fraction of sp³-hybridized carbons (Fsp3) is 0.500. The van der Waals surface area contributed by atoms with E-state index in [0.29, 0.717) is 12.2 Å². The van der Waals surface area contributed by atoms with Gasteiger partial charge in [-0.3, -0.25) is 4.79 Å². The first-order chi connectivity index (χ1) is 6.75. The van der Waals surface area contributed by atoms with Gasteiger partial charge in [0.2, 0.25) is 0 Å². The Bertz CT molecular complexity index is 329. The highest BCUT2D eigenvalue weighted by molar-refractivity contribution is 8.00. The summed E-state index contributed by atoms with van der Waals surface area (Å²) in [4.78, 5) is 12.9. The van der Waals surface area contributed by atoms with E-state index in [0.717, 1.165) is 21.4 Å². The normalized spacial score (nSPS) is 21.4. The first-order valence-electron chi connectivity index (χ1n) is 4.64. The molecule has 0 spiro atoms. The lowest BCUT2D eigenvalue weighted by Gasteiger charge is -2.04. The Balaban J connectivity index is 1.93. The molecule has 0 aromatic carbocycles. The quantitative estimate of drug-likeness (QED) is 0.813. The minimum absolute atomic E-state index is 0.246. The highest BCUT2D eigenvalue weighted by atomic mass is 35.5. The standard InChI is InChI=1S/C10H11ClOS2/c11-10-4-3-7(14-10)6-8(12)9-2-1-5-13-9/h3-4,9H,1-2,5-6H2. The molecule has 76 valence electrons. The molecule has 1 aliphatic rings. The molecule has 1 aliphatic heterocycles. The van der Waals surface area contributed by atoms with Crippen LogP contribution in [0.25, 0.3) is 0 Å². The van der Waals surface area contributed by atoms with Gasteiger partial charge in [0.25, 0.3) is 0 Å². The van der Waals surface area contributed by atoms with Gasteiger partial charge in [0.1, 0.15) is 0 Å². The van der Waals surface area contributed by atoms with Crippen LogP contribution in [-0.4, -0.2) is 16.8 Å². The zero-order chi connectivity index (χ0) is 9.97. The summed E-state index contributed by atoms with van der Waals surface area (Å²) in [5.74, 6) is 1.51. The van der Waals surface area contributed by atoms with Crippen LogP contribution in [0.1, 0.15) is 17.7 Å². The van der Waals surface area contributed by atoms with Gasteiger partial charge in [-0.15, -0.1) is 11.3 Å². The van der Waals surface area contributed by atoms with Crippen molar-refractivity contribution in [3.8, 4) is 0 Å². The van der Waals surface area contributed by atoms with Crippen molar-refractivity contribution in [3.05, 3.63) is 21.3 Å². The average Bonchev–Trinajstić information content (AvgIpc) is 2.75. The smallest absolute Gasteiger partial charge is 0.150 e. The van der Waals surface area contributed by atoms with Gasteiger partial charge in [0, 0.05) is 11.3 Å². The van der Waals surface area contributed by atoms with Crippen LogP contribution in [0.4, 0.5) is 0 Å². The Kier molecular flexibility index (Phi) is 3.52. The molecule has 1 atom stereocenters. The minimum Gasteiger partial charge on any atom is -0.298 e. The molecular formula is C10H11ClOS2. The molecule has 1 aromatic rings. The van der Waals surface area contributed by atoms with Crippen LogP contribution in [0.5, 0.6) is 0 Å². The molecule has 14 heavy (non-hydrogen) atoms. The lowest BCUT2D eigenvalue weighted by atomic mass is 10.1. The predicted octanol–water partition coefficient (Wildman–Crippen LogP) is 3.41. The lowest BCUT2D eigenvalue weighted by molar-refractivity contribution is -0.117. The SMILES string of the molecule is O=C(Cc1ccc(Cl)s1)C1CCCS1. The third kappa shape index (κ3) is 2.53. The van der Waals surface area contributed by atoms with E-state index in [4.69, 9.17) is 11.6 Å². The predicted molar refractivity (Wildman–Crippen MR) is 63.5 cm³/mol. The van der Waals surface area contributed by atoms with E-state index in [-0.39, 0.29) is 5.25 Å². The second-order valence-corrected chi connectivity index (χ2v) is 6.46. The summed E-state index contributed by atoms with van der Waals surface area (Å²) in [6, 6.07) is 3.81. The largest absolute Gasteiger partial charge is 0.298 e. The Labute approximate surface area is 96.8 Å². The molecule has 0 saturated carbocycles. The maximum absolute atomic E-state index is 11.8. The van der Waals surface area contributed by atoms with Gasteiger partial charge in [0.15, 0.2) is 5.78 Å². The summed E-state index contributed by atoms with van der Waals surface area (Å²) in [5, 5.41) is 0.246. The molecular weight excluding hydrogens is 236 g/mol. The molecule has 1 unspecified atom stereocenters. The average molecular weight is 247 g/mol. The summed E-state index contributed by atoms with van der Waals surface area (Å²) in [6.45, 7) is 0. The van der Waals surface area contributed by atoms with E-state index in [1.807, 2.05) is 12.1 Å². The number of Topliss-reactive ketones (excluding diaryl/α,β-unsaturated/α-hetero) is 1. The van der Waals surface area contributed by atoms with Crippen LogP contribution < -0.4 is 0 Å². The zero-order valence-corrected chi connectivity index (χ0v) is 10.1. The molecule has 0 N–H and O–H groups in total. The number of hydrogen-bond donors (Lipinski definition) is 0. The van der Waals surface area contributed by atoms with Crippen molar-refractivity contribution in [2.45, 2.75) is 24.5 Å². The van der Waals surface area contributed by atoms with Crippen LogP contribution in [0.15, 0.2) is 12.1 Å². The summed E-state index contributed by atoms with van der Waals surface area (Å²) in [5.41, 5.74) is 0. The number of carbonyl (C=O) groups is 1. The Morgan fingerprint density at radius 3 is 3.00 bits per heavy atom. The molecule has 1 aromatic heterocycles. The van der Waals surface area contributed by atoms with E-state index in [2.05, 4.69) is 0 Å². The van der Waals surface area contributed by atoms with Crippen molar-refractivity contribution in [3.63, 3.8) is 0 Å². The van der Waals surface area contributed by atoms with Gasteiger partial charge in [-0.2, -0.15) is 11.8 Å². The molecule has 0 amide bonds. The van der Waals surface area contributed by atoms with Crippen LogP contribution in [0.3, 0.4) is 0 Å². The third-order valence-electron chi connectivity index (χ3n) is 2.27. The molecule has 2 heterocycles. The number of halogens is 1. The fourth-order valence-electron chi connectivity index (χ4n) is 1.56. The number of thiophene rings is 1. The van der Waals surface area contributed by atoms with E-state index in [1.165, 1.54) is 17.8 Å². The number of ketones is 1. The van der Waals surface area contributed by atoms with Gasteiger partial charge in [0.05, 0.1) is 9.59 Å². The summed E-state index contributed by atoms with van der Waals surface area (Å²) < 4.78 is 0.770. The first-order valence-corrected chi connectivity index (χ1v) is 6.88. The van der Waals surface area contributed by atoms with Crippen molar-refractivity contribution in [1.29, 1.82) is 0 Å². The maximum Gasteiger partial charge on any atom is 0.150 e. The van der Waals surface area contributed by atoms with Gasteiger partial charge in [-0.1, -0.05) is 11.6 Å². The van der Waals surface area contributed by atoms with Gasteiger partial charge in [-0.05, 0) is 30.7 Å². The number of rotatable bonds is 3. The highest BCUT2D eigenvalue weighted by Gasteiger charge is 2.23. The molecule has 1 saturated heterocycles. The maximum atomic E-state index is 11.8. The van der Waals surface area contributed by atoms with E-state index < -0.39 is 0 Å². The molecule has 0 bridgehead atoms. The van der Waals surface area contributed by atoms with Gasteiger partial charge in [-0.25, -0.2) is 0 Å². The zero-order valence-electron chi connectivity index (χ0n) is 7.66. The second kappa shape index (κ2) is 4.69. The summed E-state index contributed by atoms with van der Waals surface area (Å²) >= 11 is 9.11. The molecule has 4 heteroatoms. The number of hydrogen-bond acceptors (Lipinski definition) is 3. The van der Waals surface area contributed by atoms with E-state index in [9.17, 15) is 4.79 Å². The van der Waals surface area contributed by atoms with Crippen LogP contribution >= 0.6 is 34.7 Å². The van der Waals surface area contributed by atoms with E-state index >= 15 is 0 Å². The third-order valence-corrected chi connectivity index (χ3v) is 4.92. The van der Waals surface area contributed by atoms with E-state index in [1.54, 1.807) is 11.8 Å². The van der Waals surface area contributed by atoms with Crippen molar-refractivity contribution >= 4 is 40.5 Å². The van der Waals surface area contributed by atoms with Crippen LogP contribution in [0, 0.1) is 0 Å². The minimum atomic E-state index is 0.246.